The Balaban J connectivity index is 2.35. The summed E-state index contributed by atoms with van der Waals surface area (Å²) in [6, 6.07) is 0. The minimum Gasteiger partial charge on any atom is -0.272 e. The molecule has 0 radical (unpaired) electrons. The highest BCUT2D eigenvalue weighted by Crippen LogP contribution is 2.41. The largest absolute Gasteiger partial charge is 0.272 e. The van der Waals surface area contributed by atoms with Crippen LogP contribution in [0.25, 0.3) is 0 Å². The molecular formula is C13H23NO2. The van der Waals surface area contributed by atoms with E-state index in [1.54, 1.807) is 0 Å². The van der Waals surface area contributed by atoms with Crippen molar-refractivity contribution in [3.05, 3.63) is 12.8 Å². The zero-order valence-corrected chi connectivity index (χ0v) is 10.8. The molecule has 1 saturated carbocycles. The molecule has 0 saturated heterocycles. The van der Waals surface area contributed by atoms with Crippen molar-refractivity contribution in [2.75, 3.05) is 7.11 Å². The van der Waals surface area contributed by atoms with E-state index >= 15 is 0 Å². The average Bonchev–Trinajstić information content (AvgIpc) is 2.11. The summed E-state index contributed by atoms with van der Waals surface area (Å²) in [6.07, 6.45) is 4.60. The van der Waals surface area contributed by atoms with Crippen molar-refractivity contribution in [1.82, 2.24) is 5.06 Å². The highest BCUT2D eigenvalue weighted by atomic mass is 16.7. The monoisotopic (exact) mass is 225 g/mol. The van der Waals surface area contributed by atoms with Crippen LogP contribution in [-0.4, -0.2) is 18.1 Å². The summed E-state index contributed by atoms with van der Waals surface area (Å²) < 4.78 is 0. The molecule has 1 fully saturated rings. The highest BCUT2D eigenvalue weighted by Gasteiger charge is 2.38. The molecule has 0 N–H and O–H groups in total. The predicted octanol–water partition coefficient (Wildman–Crippen LogP) is 2.98. The van der Waals surface area contributed by atoms with E-state index in [2.05, 4.69) is 27.4 Å². The molecule has 0 atom stereocenters. The van der Waals surface area contributed by atoms with Gasteiger partial charge < -0.3 is 0 Å². The molecule has 0 aliphatic heterocycles. The smallest absolute Gasteiger partial charge is 0.253 e. The van der Waals surface area contributed by atoms with Gasteiger partial charge in [-0.2, -0.15) is 5.06 Å². The van der Waals surface area contributed by atoms with Crippen LogP contribution in [0.4, 0.5) is 0 Å². The fraction of sp³-hybridized carbons (Fsp3) is 0.769. The van der Waals surface area contributed by atoms with E-state index in [0.29, 0.717) is 11.3 Å². The Kier molecular flexibility index (Phi) is 4.14. The van der Waals surface area contributed by atoms with Gasteiger partial charge in [-0.15, -0.1) is 0 Å². The first-order valence-electron chi connectivity index (χ1n) is 5.87. The molecule has 1 rings (SSSR count). The first-order chi connectivity index (χ1) is 7.37. The van der Waals surface area contributed by atoms with E-state index in [0.717, 1.165) is 12.8 Å². The summed E-state index contributed by atoms with van der Waals surface area (Å²) in [5.74, 6) is 0.866. The van der Waals surface area contributed by atoms with Crippen LogP contribution in [0.15, 0.2) is 12.8 Å². The fourth-order valence-electron chi connectivity index (χ4n) is 2.40. The van der Waals surface area contributed by atoms with Crippen molar-refractivity contribution >= 4 is 5.91 Å². The quantitative estimate of drug-likeness (QED) is 0.688. The van der Waals surface area contributed by atoms with Crippen LogP contribution in [0.5, 0.6) is 0 Å². The molecule has 1 aliphatic rings. The lowest BCUT2D eigenvalue weighted by molar-refractivity contribution is -0.171. The van der Waals surface area contributed by atoms with Crippen molar-refractivity contribution < 1.29 is 9.63 Å². The molecule has 0 bridgehead atoms. The van der Waals surface area contributed by atoms with Gasteiger partial charge in [0.1, 0.15) is 0 Å². The lowest BCUT2D eigenvalue weighted by atomic mass is 9.68. The van der Waals surface area contributed by atoms with Crippen LogP contribution in [0, 0.1) is 17.3 Å². The number of hydroxylamine groups is 2. The van der Waals surface area contributed by atoms with Crippen LogP contribution in [0.3, 0.4) is 0 Å². The van der Waals surface area contributed by atoms with E-state index in [4.69, 9.17) is 4.84 Å². The van der Waals surface area contributed by atoms with Crippen LogP contribution >= 0.6 is 0 Å². The predicted molar refractivity (Wildman–Crippen MR) is 64.3 cm³/mol. The van der Waals surface area contributed by atoms with Gasteiger partial charge in [0.25, 0.3) is 5.91 Å². The van der Waals surface area contributed by atoms with E-state index in [1.807, 2.05) is 0 Å². The lowest BCUT2D eigenvalue weighted by Gasteiger charge is -2.39. The molecule has 92 valence electrons. The second-order valence-electron chi connectivity index (χ2n) is 5.83. The second-order valence-corrected chi connectivity index (χ2v) is 5.83. The van der Waals surface area contributed by atoms with Crippen LogP contribution in [0.2, 0.25) is 0 Å². The van der Waals surface area contributed by atoms with Crippen LogP contribution in [0.1, 0.15) is 40.0 Å². The number of hydrogen-bond donors (Lipinski definition) is 0. The molecule has 3 heteroatoms. The zero-order chi connectivity index (χ0) is 12.3. The Morgan fingerprint density at radius 1 is 1.50 bits per heavy atom. The van der Waals surface area contributed by atoms with Crippen molar-refractivity contribution in [3.63, 3.8) is 0 Å². The Labute approximate surface area is 98.4 Å². The number of carbonyl (C=O) groups is 1. The number of rotatable bonds is 4. The first-order valence-corrected chi connectivity index (χ1v) is 5.87. The maximum Gasteiger partial charge on any atom is 0.253 e. The van der Waals surface area contributed by atoms with E-state index in [9.17, 15) is 4.79 Å². The number of nitrogens with zero attached hydrogens (tertiary/aromatic N) is 1. The van der Waals surface area contributed by atoms with Gasteiger partial charge in [-0.1, -0.05) is 27.4 Å². The first kappa shape index (κ1) is 13.2. The standard InChI is InChI=1S/C13H23NO2/c1-6-14(16-5)12(15)11-7-10(8-11)9-13(2,3)4/h6,10-11H,1,7-9H2,2-5H3. The number of hydrogen-bond acceptors (Lipinski definition) is 2. The second kappa shape index (κ2) is 5.00. The lowest BCUT2D eigenvalue weighted by Crippen LogP contribution is -2.39. The molecule has 0 spiro atoms. The molecule has 0 heterocycles. The SMILES string of the molecule is C=CN(OC)C(=O)C1CC(CC(C)(C)C)C1. The van der Waals surface area contributed by atoms with Crippen molar-refractivity contribution in [1.29, 1.82) is 0 Å². The van der Waals surface area contributed by atoms with Gasteiger partial charge in [-0.3, -0.25) is 9.63 Å². The van der Waals surface area contributed by atoms with Gasteiger partial charge in [0.05, 0.1) is 7.11 Å². The van der Waals surface area contributed by atoms with E-state index < -0.39 is 0 Å². The van der Waals surface area contributed by atoms with Gasteiger partial charge >= 0.3 is 0 Å². The topological polar surface area (TPSA) is 29.5 Å². The molecule has 1 amide bonds. The molecule has 0 aromatic carbocycles. The normalized spacial score (nSPS) is 24.8. The number of carbonyl (C=O) groups excluding carboxylic acids is 1. The van der Waals surface area contributed by atoms with Crippen molar-refractivity contribution in [3.8, 4) is 0 Å². The van der Waals surface area contributed by atoms with Gasteiger partial charge in [0, 0.05) is 12.1 Å². The maximum atomic E-state index is 11.8. The molecule has 1 aliphatic carbocycles. The van der Waals surface area contributed by atoms with Crippen molar-refractivity contribution in [2.24, 2.45) is 17.3 Å². The molecule has 0 aromatic heterocycles. The van der Waals surface area contributed by atoms with Gasteiger partial charge in [-0.05, 0) is 30.6 Å². The molecular weight excluding hydrogens is 202 g/mol. The number of amides is 1. The highest BCUT2D eigenvalue weighted by molar-refractivity contribution is 5.79. The summed E-state index contributed by atoms with van der Waals surface area (Å²) in [4.78, 5) is 16.7. The Morgan fingerprint density at radius 2 is 2.06 bits per heavy atom. The third-order valence-electron chi connectivity index (χ3n) is 3.07. The third-order valence-corrected chi connectivity index (χ3v) is 3.07. The minimum atomic E-state index is 0.0441. The third kappa shape index (κ3) is 3.34. The Morgan fingerprint density at radius 3 is 2.44 bits per heavy atom. The van der Waals surface area contributed by atoms with Gasteiger partial charge in [0.2, 0.25) is 0 Å². The van der Waals surface area contributed by atoms with E-state index in [1.165, 1.54) is 24.8 Å². The molecule has 3 nitrogen and oxygen atoms in total. The summed E-state index contributed by atoms with van der Waals surface area (Å²) in [5.41, 5.74) is 0.359. The van der Waals surface area contributed by atoms with Crippen LogP contribution < -0.4 is 0 Å². The van der Waals surface area contributed by atoms with E-state index in [-0.39, 0.29) is 11.8 Å². The average molecular weight is 225 g/mol. The summed E-state index contributed by atoms with van der Waals surface area (Å²) in [7, 11) is 1.49. The maximum absolute atomic E-state index is 11.8. The van der Waals surface area contributed by atoms with Crippen molar-refractivity contribution in [2.45, 2.75) is 40.0 Å². The molecule has 0 unspecified atom stereocenters. The summed E-state index contributed by atoms with van der Waals surface area (Å²) >= 11 is 0. The molecule has 16 heavy (non-hydrogen) atoms. The zero-order valence-electron chi connectivity index (χ0n) is 10.8. The summed E-state index contributed by atoms with van der Waals surface area (Å²) in [5, 5.41) is 1.23. The van der Waals surface area contributed by atoms with Crippen LogP contribution in [-0.2, 0) is 9.63 Å². The fourth-order valence-corrected chi connectivity index (χ4v) is 2.40. The van der Waals surface area contributed by atoms with Gasteiger partial charge in [-0.25, -0.2) is 0 Å². The Hall–Kier alpha value is -0.830. The van der Waals surface area contributed by atoms with Gasteiger partial charge in [0.15, 0.2) is 0 Å². The summed E-state index contributed by atoms with van der Waals surface area (Å²) in [6.45, 7) is 10.3. The Bertz CT molecular complexity index is 262. The molecule has 0 aromatic rings. The minimum absolute atomic E-state index is 0.0441.